The highest BCUT2D eigenvalue weighted by Crippen LogP contribution is 2.25. The number of carbonyl (C=O) groups is 2. The van der Waals surface area contributed by atoms with Crippen LogP contribution in [0.25, 0.3) is 0 Å². The minimum atomic E-state index is -0.510. The number of nitrogens with one attached hydrogen (secondary N) is 2. The van der Waals surface area contributed by atoms with Crippen molar-refractivity contribution in [1.29, 1.82) is 0 Å². The lowest BCUT2D eigenvalue weighted by Gasteiger charge is -2.07. The molecule has 2 aromatic rings. The molecule has 10 heteroatoms. The second-order valence-electron chi connectivity index (χ2n) is 4.76. The highest BCUT2D eigenvalue weighted by atomic mass is 35.5. The molecular weight excluding hydrogens is 389 g/mol. The predicted molar refractivity (Wildman–Crippen MR) is 96.4 cm³/mol. The Balaban J connectivity index is 1.99. The highest BCUT2D eigenvalue weighted by Gasteiger charge is 2.11. The number of H-pyrrole nitrogens is 1. The molecule has 1 aromatic heterocycles. The van der Waals surface area contributed by atoms with Gasteiger partial charge in [-0.15, -0.1) is 0 Å². The van der Waals surface area contributed by atoms with E-state index in [1.54, 1.807) is 12.1 Å². The largest absolute Gasteiger partial charge is 0.469 e. The van der Waals surface area contributed by atoms with Gasteiger partial charge >= 0.3 is 5.97 Å². The van der Waals surface area contributed by atoms with E-state index in [4.69, 9.17) is 23.2 Å². The summed E-state index contributed by atoms with van der Waals surface area (Å²) in [5.41, 5.74) is 0.273. The molecule has 0 spiro atoms. The van der Waals surface area contributed by atoms with Gasteiger partial charge in [0.15, 0.2) is 5.16 Å². The van der Waals surface area contributed by atoms with Crippen molar-refractivity contribution < 1.29 is 14.3 Å². The van der Waals surface area contributed by atoms with Crippen LogP contribution in [-0.4, -0.2) is 34.7 Å². The van der Waals surface area contributed by atoms with Gasteiger partial charge in [0.05, 0.1) is 35.7 Å². The van der Waals surface area contributed by atoms with E-state index in [2.05, 4.69) is 20.0 Å². The number of aromatic amines is 1. The van der Waals surface area contributed by atoms with Crippen LogP contribution in [0.1, 0.15) is 5.69 Å². The molecule has 0 atom stereocenters. The van der Waals surface area contributed by atoms with Crippen LogP contribution in [0.3, 0.4) is 0 Å². The summed E-state index contributed by atoms with van der Waals surface area (Å²) < 4.78 is 4.53. The molecule has 0 bridgehead atoms. The Morgan fingerprint density at radius 1 is 1.32 bits per heavy atom. The van der Waals surface area contributed by atoms with Crippen LogP contribution in [0.2, 0.25) is 10.0 Å². The lowest BCUT2D eigenvalue weighted by atomic mass is 10.3. The lowest BCUT2D eigenvalue weighted by Crippen LogP contribution is -2.17. The number of nitrogens with zero attached hydrogens (tertiary/aromatic N) is 1. The second-order valence-corrected chi connectivity index (χ2v) is 6.56. The fourth-order valence-corrected chi connectivity index (χ4v) is 2.92. The number of carbonyl (C=O) groups excluding carboxylic acids is 2. The Morgan fingerprint density at radius 2 is 2.08 bits per heavy atom. The summed E-state index contributed by atoms with van der Waals surface area (Å²) in [6.07, 6.45) is -0.124. The van der Waals surface area contributed by atoms with Gasteiger partial charge < -0.3 is 15.0 Å². The minimum Gasteiger partial charge on any atom is -0.469 e. The van der Waals surface area contributed by atoms with Gasteiger partial charge in [0.2, 0.25) is 5.91 Å². The van der Waals surface area contributed by atoms with Gasteiger partial charge in [0, 0.05) is 11.1 Å². The van der Waals surface area contributed by atoms with E-state index in [-0.39, 0.29) is 28.9 Å². The molecule has 0 aliphatic carbocycles. The molecule has 0 radical (unpaired) electrons. The maximum Gasteiger partial charge on any atom is 0.311 e. The molecule has 0 aliphatic heterocycles. The number of thioether (sulfide) groups is 1. The number of esters is 1. The van der Waals surface area contributed by atoms with Gasteiger partial charge in [-0.25, -0.2) is 4.98 Å². The average molecular weight is 402 g/mol. The average Bonchev–Trinajstić information content (AvgIpc) is 2.55. The zero-order valence-corrected chi connectivity index (χ0v) is 15.3. The number of ether oxygens (including phenoxy) is 1. The van der Waals surface area contributed by atoms with E-state index >= 15 is 0 Å². The summed E-state index contributed by atoms with van der Waals surface area (Å²) in [5.74, 6) is -0.858. The summed E-state index contributed by atoms with van der Waals surface area (Å²) in [4.78, 5) is 41.5. The smallest absolute Gasteiger partial charge is 0.311 e. The molecule has 1 aromatic carbocycles. The summed E-state index contributed by atoms with van der Waals surface area (Å²) >= 11 is 12.8. The first kappa shape index (κ1) is 19.3. The van der Waals surface area contributed by atoms with Crippen LogP contribution < -0.4 is 10.9 Å². The molecule has 0 aliphatic rings. The Morgan fingerprint density at radius 3 is 2.76 bits per heavy atom. The number of hydrogen-bond acceptors (Lipinski definition) is 6. The van der Waals surface area contributed by atoms with Gasteiger partial charge in [-0.05, 0) is 18.2 Å². The number of amides is 1. The fraction of sp³-hybridized carbons (Fsp3) is 0.200. The number of halogens is 2. The van der Waals surface area contributed by atoms with E-state index in [9.17, 15) is 14.4 Å². The summed E-state index contributed by atoms with van der Waals surface area (Å²) in [6.45, 7) is 0. The number of hydrogen-bond donors (Lipinski definition) is 2. The maximum atomic E-state index is 12.0. The van der Waals surface area contributed by atoms with Crippen LogP contribution in [0.15, 0.2) is 34.2 Å². The molecule has 7 nitrogen and oxygen atoms in total. The fourth-order valence-electron chi connectivity index (χ4n) is 1.77. The highest BCUT2D eigenvalue weighted by molar-refractivity contribution is 7.99. The van der Waals surface area contributed by atoms with E-state index < -0.39 is 11.5 Å². The molecular formula is C15H13Cl2N3O4S. The van der Waals surface area contributed by atoms with E-state index in [0.717, 1.165) is 11.8 Å². The zero-order valence-electron chi connectivity index (χ0n) is 13.0. The monoisotopic (exact) mass is 401 g/mol. The van der Waals surface area contributed by atoms with Crippen molar-refractivity contribution in [2.45, 2.75) is 11.6 Å². The SMILES string of the molecule is COC(=O)Cc1cc(=O)[nH]c(SCC(=O)Nc2ccc(Cl)cc2Cl)n1. The van der Waals surface area contributed by atoms with Crippen molar-refractivity contribution in [3.8, 4) is 0 Å². The Labute approximate surface area is 157 Å². The van der Waals surface area contributed by atoms with Crippen LogP contribution in [-0.2, 0) is 20.7 Å². The van der Waals surface area contributed by atoms with Crippen molar-refractivity contribution >= 4 is 52.5 Å². The molecule has 2 rings (SSSR count). The van der Waals surface area contributed by atoms with Crippen LogP contribution >= 0.6 is 35.0 Å². The van der Waals surface area contributed by atoms with Gasteiger partial charge in [0.25, 0.3) is 5.56 Å². The zero-order chi connectivity index (χ0) is 18.4. The summed E-state index contributed by atoms with van der Waals surface area (Å²) in [7, 11) is 1.25. The van der Waals surface area contributed by atoms with Crippen molar-refractivity contribution in [2.24, 2.45) is 0 Å². The first-order chi connectivity index (χ1) is 11.9. The Hall–Kier alpha value is -2.03. The van der Waals surface area contributed by atoms with Crippen LogP contribution in [0.4, 0.5) is 5.69 Å². The molecule has 1 heterocycles. The first-order valence-corrected chi connectivity index (χ1v) is 8.66. The number of anilines is 1. The molecule has 0 saturated heterocycles. The van der Waals surface area contributed by atoms with Crippen molar-refractivity contribution in [3.05, 3.63) is 50.4 Å². The molecule has 0 saturated carbocycles. The Kier molecular flexibility index (Phi) is 6.86. The third-order valence-electron chi connectivity index (χ3n) is 2.87. The van der Waals surface area contributed by atoms with Crippen molar-refractivity contribution in [2.75, 3.05) is 18.2 Å². The normalized spacial score (nSPS) is 10.4. The standard InChI is InChI=1S/C15H13Cl2N3O4S/c1-24-14(23)6-9-5-12(21)20-15(18-9)25-7-13(22)19-11-3-2-8(16)4-10(11)17/h2-5H,6-7H2,1H3,(H,19,22)(H,18,20,21). The number of aromatic nitrogens is 2. The maximum absolute atomic E-state index is 12.0. The summed E-state index contributed by atoms with van der Waals surface area (Å²) in [5, 5.41) is 3.64. The minimum absolute atomic E-state index is 0.0103. The predicted octanol–water partition coefficient (Wildman–Crippen LogP) is 2.52. The molecule has 1 amide bonds. The first-order valence-electron chi connectivity index (χ1n) is 6.92. The number of rotatable bonds is 6. The molecule has 2 N–H and O–H groups in total. The summed E-state index contributed by atoms with van der Waals surface area (Å²) in [6, 6.07) is 5.91. The van der Waals surface area contributed by atoms with E-state index in [0.29, 0.717) is 15.7 Å². The quantitative estimate of drug-likeness (QED) is 0.438. The topological polar surface area (TPSA) is 101 Å². The van der Waals surface area contributed by atoms with E-state index in [1.165, 1.54) is 19.2 Å². The third-order valence-corrected chi connectivity index (χ3v) is 4.29. The molecule has 0 fully saturated rings. The molecule has 25 heavy (non-hydrogen) atoms. The van der Waals surface area contributed by atoms with Gasteiger partial charge in [0.1, 0.15) is 0 Å². The van der Waals surface area contributed by atoms with Gasteiger partial charge in [-0.3, -0.25) is 14.4 Å². The lowest BCUT2D eigenvalue weighted by molar-refractivity contribution is -0.139. The van der Waals surface area contributed by atoms with Crippen LogP contribution in [0, 0.1) is 0 Å². The van der Waals surface area contributed by atoms with Crippen molar-refractivity contribution in [1.82, 2.24) is 9.97 Å². The van der Waals surface area contributed by atoms with Crippen molar-refractivity contribution in [3.63, 3.8) is 0 Å². The van der Waals surface area contributed by atoms with Crippen LogP contribution in [0.5, 0.6) is 0 Å². The van der Waals surface area contributed by atoms with Gasteiger partial charge in [-0.2, -0.15) is 0 Å². The number of methoxy groups -OCH3 is 1. The molecule has 0 unspecified atom stereocenters. The van der Waals surface area contributed by atoms with E-state index in [1.807, 2.05) is 0 Å². The number of benzene rings is 1. The van der Waals surface area contributed by atoms with Gasteiger partial charge in [-0.1, -0.05) is 35.0 Å². The second kappa shape index (κ2) is 8.89. The Bertz CT molecular complexity index is 857. The molecule has 132 valence electrons. The third kappa shape index (κ3) is 6.08.